The number of hydrogen-bond donors (Lipinski definition) is 2. The van der Waals surface area contributed by atoms with Gasteiger partial charge in [0, 0.05) is 17.3 Å². The lowest BCUT2D eigenvalue weighted by Crippen LogP contribution is -2.43. The molecule has 1 fully saturated rings. The monoisotopic (exact) mass is 403 g/mol. The van der Waals surface area contributed by atoms with Crippen molar-refractivity contribution in [3.63, 3.8) is 0 Å². The molecule has 0 unspecified atom stereocenters. The maximum absolute atomic E-state index is 12.7. The van der Waals surface area contributed by atoms with Crippen molar-refractivity contribution >= 4 is 21.6 Å². The number of piperidine rings is 1. The molecule has 3 rings (SSSR count). The Kier molecular flexibility index (Phi) is 6.21. The molecule has 0 atom stereocenters. The van der Waals surface area contributed by atoms with Crippen molar-refractivity contribution in [2.24, 2.45) is 0 Å². The van der Waals surface area contributed by atoms with Crippen LogP contribution < -0.4 is 14.8 Å². The maximum Gasteiger partial charge on any atom is 0.261 e. The molecule has 0 bridgehead atoms. The van der Waals surface area contributed by atoms with Gasteiger partial charge in [0.1, 0.15) is 5.75 Å². The Balaban J connectivity index is 1.71. The number of anilines is 1. The van der Waals surface area contributed by atoms with E-state index < -0.39 is 10.0 Å². The Bertz CT molecular complexity index is 921. The van der Waals surface area contributed by atoms with Gasteiger partial charge in [-0.05, 0) is 75.4 Å². The number of carbonyl (C=O) groups is 1. The zero-order chi connectivity index (χ0) is 20.1. The highest BCUT2D eigenvalue weighted by Crippen LogP contribution is 2.20. The Morgan fingerprint density at radius 1 is 1.11 bits per heavy atom. The predicted octanol–water partition coefficient (Wildman–Crippen LogP) is 2.32. The minimum absolute atomic E-state index is 0.0411. The minimum Gasteiger partial charge on any atom is -0.497 e. The fourth-order valence-corrected chi connectivity index (χ4v) is 4.20. The summed E-state index contributed by atoms with van der Waals surface area (Å²) in [5.74, 6) is 0.381. The Labute approximate surface area is 165 Å². The van der Waals surface area contributed by atoms with Crippen LogP contribution in [-0.2, 0) is 10.0 Å². The molecule has 2 N–H and O–H groups in total. The van der Waals surface area contributed by atoms with Crippen LogP contribution in [0, 0.1) is 0 Å². The number of carbonyl (C=O) groups excluding carboxylic acids is 1. The average molecular weight is 404 g/mol. The molecule has 1 saturated heterocycles. The van der Waals surface area contributed by atoms with E-state index in [1.54, 1.807) is 43.5 Å². The maximum atomic E-state index is 12.7. The van der Waals surface area contributed by atoms with Crippen molar-refractivity contribution in [3.8, 4) is 5.75 Å². The first kappa shape index (κ1) is 20.2. The number of sulfonamides is 1. The normalized spacial score (nSPS) is 15.8. The molecule has 7 nitrogen and oxygen atoms in total. The van der Waals surface area contributed by atoms with E-state index >= 15 is 0 Å². The van der Waals surface area contributed by atoms with E-state index in [4.69, 9.17) is 4.74 Å². The molecule has 0 aliphatic carbocycles. The van der Waals surface area contributed by atoms with Crippen LogP contribution in [0.2, 0.25) is 0 Å². The van der Waals surface area contributed by atoms with Gasteiger partial charge in [0.05, 0.1) is 12.0 Å². The van der Waals surface area contributed by atoms with Gasteiger partial charge in [-0.3, -0.25) is 9.52 Å². The van der Waals surface area contributed by atoms with E-state index in [2.05, 4.69) is 22.0 Å². The summed E-state index contributed by atoms with van der Waals surface area (Å²) in [4.78, 5) is 14.8. The van der Waals surface area contributed by atoms with E-state index in [0.717, 1.165) is 25.9 Å². The zero-order valence-corrected chi connectivity index (χ0v) is 16.8. The third kappa shape index (κ3) is 5.02. The highest BCUT2D eigenvalue weighted by molar-refractivity contribution is 7.92. The molecule has 1 heterocycles. The van der Waals surface area contributed by atoms with Crippen LogP contribution in [0.25, 0.3) is 0 Å². The summed E-state index contributed by atoms with van der Waals surface area (Å²) < 4.78 is 32.9. The molecule has 1 aliphatic heterocycles. The molecule has 0 saturated carbocycles. The summed E-state index contributed by atoms with van der Waals surface area (Å²) in [6.45, 7) is 1.87. The van der Waals surface area contributed by atoms with Crippen LogP contribution in [0.4, 0.5) is 5.69 Å². The molecule has 0 spiro atoms. The zero-order valence-electron chi connectivity index (χ0n) is 16.0. The fourth-order valence-electron chi connectivity index (χ4n) is 3.10. The largest absolute Gasteiger partial charge is 0.497 e. The molecule has 1 aliphatic rings. The number of amides is 1. The lowest BCUT2D eigenvalue weighted by atomic mass is 10.0. The van der Waals surface area contributed by atoms with Crippen LogP contribution in [0.5, 0.6) is 5.75 Å². The van der Waals surface area contributed by atoms with Gasteiger partial charge < -0.3 is 15.0 Å². The predicted molar refractivity (Wildman–Crippen MR) is 108 cm³/mol. The topological polar surface area (TPSA) is 87.7 Å². The molecule has 8 heteroatoms. The van der Waals surface area contributed by atoms with Gasteiger partial charge in [0.2, 0.25) is 0 Å². The van der Waals surface area contributed by atoms with Gasteiger partial charge in [-0.25, -0.2) is 8.42 Å². The van der Waals surface area contributed by atoms with Gasteiger partial charge >= 0.3 is 0 Å². The summed E-state index contributed by atoms with van der Waals surface area (Å²) in [6.07, 6.45) is 1.78. The van der Waals surface area contributed by atoms with Crippen LogP contribution in [-0.4, -0.2) is 52.5 Å². The summed E-state index contributed by atoms with van der Waals surface area (Å²) in [5, 5.41) is 3.00. The Morgan fingerprint density at radius 2 is 1.79 bits per heavy atom. The molecule has 1 amide bonds. The van der Waals surface area contributed by atoms with Gasteiger partial charge in [-0.1, -0.05) is 6.07 Å². The first-order valence-electron chi connectivity index (χ1n) is 9.14. The highest BCUT2D eigenvalue weighted by atomic mass is 32.2. The Hall–Kier alpha value is -2.58. The number of ether oxygens (including phenoxy) is 1. The van der Waals surface area contributed by atoms with Crippen molar-refractivity contribution in [1.29, 1.82) is 0 Å². The van der Waals surface area contributed by atoms with Crippen molar-refractivity contribution in [3.05, 3.63) is 54.1 Å². The summed E-state index contributed by atoms with van der Waals surface area (Å²) in [7, 11) is -0.206. The van der Waals surface area contributed by atoms with Crippen molar-refractivity contribution in [2.45, 2.75) is 23.8 Å². The number of methoxy groups -OCH3 is 1. The number of hydrogen-bond acceptors (Lipinski definition) is 5. The molecular weight excluding hydrogens is 378 g/mol. The molecule has 28 heavy (non-hydrogen) atoms. The van der Waals surface area contributed by atoms with Gasteiger partial charge in [-0.15, -0.1) is 0 Å². The number of nitrogens with zero attached hydrogens (tertiary/aromatic N) is 1. The van der Waals surface area contributed by atoms with Crippen molar-refractivity contribution in [1.82, 2.24) is 10.2 Å². The van der Waals surface area contributed by atoms with E-state index in [1.807, 2.05) is 0 Å². The van der Waals surface area contributed by atoms with E-state index in [-0.39, 0.29) is 16.8 Å². The number of likely N-dealkylation sites (tertiary alicyclic amines) is 1. The SMILES string of the molecule is COc1ccc(NS(=O)(=O)c2cccc(C(=O)NC3CCN(C)CC3)c2)cc1. The highest BCUT2D eigenvalue weighted by Gasteiger charge is 2.21. The quantitative estimate of drug-likeness (QED) is 0.773. The lowest BCUT2D eigenvalue weighted by molar-refractivity contribution is 0.0916. The minimum atomic E-state index is -3.81. The second kappa shape index (κ2) is 8.62. The smallest absolute Gasteiger partial charge is 0.261 e. The molecule has 0 aromatic heterocycles. The number of nitrogens with one attached hydrogen (secondary N) is 2. The van der Waals surface area contributed by atoms with Gasteiger partial charge in [-0.2, -0.15) is 0 Å². The molecular formula is C20H25N3O4S. The average Bonchev–Trinajstić information content (AvgIpc) is 2.70. The van der Waals surface area contributed by atoms with Crippen LogP contribution >= 0.6 is 0 Å². The molecule has 150 valence electrons. The second-order valence-corrected chi connectivity index (χ2v) is 8.60. The van der Waals surface area contributed by atoms with Gasteiger partial charge in [0.25, 0.3) is 15.9 Å². The first-order valence-corrected chi connectivity index (χ1v) is 10.6. The van der Waals surface area contributed by atoms with Gasteiger partial charge in [0.15, 0.2) is 0 Å². The van der Waals surface area contributed by atoms with Crippen molar-refractivity contribution < 1.29 is 17.9 Å². The standard InChI is InChI=1S/C20H25N3O4S/c1-23-12-10-16(11-13-23)21-20(24)15-4-3-5-19(14-15)28(25,26)22-17-6-8-18(27-2)9-7-17/h3-9,14,16,22H,10-13H2,1-2H3,(H,21,24). The van der Waals surface area contributed by atoms with E-state index in [9.17, 15) is 13.2 Å². The van der Waals surface area contributed by atoms with Crippen LogP contribution in [0.1, 0.15) is 23.2 Å². The molecule has 0 radical (unpaired) electrons. The fraction of sp³-hybridized carbons (Fsp3) is 0.350. The van der Waals surface area contributed by atoms with Crippen molar-refractivity contribution in [2.75, 3.05) is 32.0 Å². The second-order valence-electron chi connectivity index (χ2n) is 6.91. The lowest BCUT2D eigenvalue weighted by Gasteiger charge is -2.29. The molecule has 2 aromatic carbocycles. The number of rotatable bonds is 6. The van der Waals surface area contributed by atoms with Crippen LogP contribution in [0.3, 0.4) is 0 Å². The molecule has 2 aromatic rings. The first-order chi connectivity index (χ1) is 13.4. The Morgan fingerprint density at radius 3 is 2.43 bits per heavy atom. The van der Waals surface area contributed by atoms with E-state index in [1.165, 1.54) is 12.1 Å². The number of benzene rings is 2. The third-order valence-corrected chi connectivity index (χ3v) is 6.18. The van der Waals surface area contributed by atoms with E-state index in [0.29, 0.717) is 17.0 Å². The summed E-state index contributed by atoms with van der Waals surface area (Å²) in [5.41, 5.74) is 0.749. The van der Waals surface area contributed by atoms with Crippen LogP contribution in [0.15, 0.2) is 53.4 Å². The third-order valence-electron chi connectivity index (χ3n) is 4.80. The summed E-state index contributed by atoms with van der Waals surface area (Å²) >= 11 is 0. The summed E-state index contributed by atoms with van der Waals surface area (Å²) in [6, 6.07) is 12.8.